The van der Waals surface area contributed by atoms with Gasteiger partial charge in [-0.1, -0.05) is 0 Å². The van der Waals surface area contributed by atoms with E-state index in [9.17, 15) is 111 Å². The van der Waals surface area contributed by atoms with Crippen molar-refractivity contribution in [1.29, 1.82) is 0 Å². The summed E-state index contributed by atoms with van der Waals surface area (Å²) in [5.74, 6) is -9.88. The number of carboxylic acid groups (broad SMARTS) is 5. The van der Waals surface area contributed by atoms with Gasteiger partial charge >= 0.3 is 178 Å². The molecule has 5 aliphatic rings. The molecule has 0 bridgehead atoms. The van der Waals surface area contributed by atoms with Gasteiger partial charge in [-0.05, 0) is 0 Å². The Balaban J connectivity index is 0.00000845. The summed E-state index contributed by atoms with van der Waals surface area (Å²) < 4.78 is 45.9. The van der Waals surface area contributed by atoms with Crippen molar-refractivity contribution in [1.82, 2.24) is 0 Å². The topological polar surface area (TPSA) is 512 Å². The molecule has 5 fully saturated rings. The Labute approximate surface area is 479 Å². The van der Waals surface area contributed by atoms with Crippen LogP contribution in [0.15, 0.2) is 0 Å². The van der Waals surface area contributed by atoms with E-state index in [0.29, 0.717) is 0 Å². The van der Waals surface area contributed by atoms with Crippen LogP contribution in [0, 0.1) is 0 Å². The molecular formula is C30H42Na5O31+5. The zero-order chi connectivity index (χ0) is 45.7. The monoisotopic (exact) mass is 1010 g/mol. The number of rotatable bonds is 13. The minimum Gasteiger partial charge on any atom is -0.479 e. The first-order valence-electron chi connectivity index (χ1n) is 17.6. The minimum absolute atomic E-state index is 0. The Morgan fingerprint density at radius 2 is 0.485 bits per heavy atom. The quantitative estimate of drug-likeness (QED) is 0.0762. The second kappa shape index (κ2) is 28.3. The maximum absolute atomic E-state index is 12.3. The molecule has 66 heavy (non-hydrogen) atoms. The van der Waals surface area contributed by atoms with Gasteiger partial charge in [-0.3, -0.25) is 0 Å². The van der Waals surface area contributed by atoms with E-state index in [4.69, 9.17) is 37.9 Å². The van der Waals surface area contributed by atoms with Crippen LogP contribution < -0.4 is 148 Å². The molecule has 5 aliphatic heterocycles. The molecule has 0 aromatic heterocycles. The number of hydrogen-bond donors (Lipinski definition) is 17. The van der Waals surface area contributed by atoms with Crippen molar-refractivity contribution in [2.75, 3.05) is 0 Å². The van der Waals surface area contributed by atoms with Crippen molar-refractivity contribution in [2.24, 2.45) is 0 Å². The zero-order valence-electron chi connectivity index (χ0n) is 35.3. The molecule has 5 heterocycles. The summed E-state index contributed by atoms with van der Waals surface area (Å²) in [5.41, 5.74) is 0. The number of carbonyl (C=O) groups is 5. The molecule has 5 saturated heterocycles. The molecule has 25 unspecified atom stereocenters. The van der Waals surface area contributed by atoms with Gasteiger partial charge in [0.05, 0.1) is 0 Å². The third kappa shape index (κ3) is 14.4. The van der Waals surface area contributed by atoms with Crippen LogP contribution in [0.2, 0.25) is 0 Å². The Kier molecular flexibility index (Phi) is 28.9. The van der Waals surface area contributed by atoms with Crippen molar-refractivity contribution in [3.05, 3.63) is 0 Å². The third-order valence-electron chi connectivity index (χ3n) is 10.1. The molecule has 0 radical (unpaired) electrons. The smallest absolute Gasteiger partial charge is 0.479 e. The van der Waals surface area contributed by atoms with Crippen LogP contribution in [0.5, 0.6) is 0 Å². The van der Waals surface area contributed by atoms with Crippen LogP contribution in [0.3, 0.4) is 0 Å². The Hall–Kier alpha value is 1.51. The van der Waals surface area contributed by atoms with Crippen molar-refractivity contribution >= 4 is 29.8 Å². The van der Waals surface area contributed by atoms with Crippen LogP contribution in [-0.2, 0) is 66.6 Å². The number of aliphatic carboxylic acids is 5. The number of hydrogen-bond acceptors (Lipinski definition) is 26. The van der Waals surface area contributed by atoms with Gasteiger partial charge in [0.2, 0.25) is 0 Å². The molecule has 5 rings (SSSR count). The molecule has 348 valence electrons. The summed E-state index contributed by atoms with van der Waals surface area (Å²) >= 11 is 0. The van der Waals surface area contributed by atoms with Crippen LogP contribution in [-0.4, -0.2) is 270 Å². The maximum Gasteiger partial charge on any atom is 1.00 e. The van der Waals surface area contributed by atoms with E-state index in [2.05, 4.69) is 4.74 Å². The predicted molar refractivity (Wildman–Crippen MR) is 169 cm³/mol. The average molecular weight is 1010 g/mol. The summed E-state index contributed by atoms with van der Waals surface area (Å²) in [6, 6.07) is 0. The Bertz CT molecular complexity index is 1620. The van der Waals surface area contributed by atoms with E-state index in [1.807, 2.05) is 0 Å². The SMILES string of the molecule is O=C(O)C1OC(OC2C(C(=O)O)OC(OC3C(C(=O)O)OC(OC4C(C(=O)O)OC(OC5C(C(=O)O)OC(O)C(O)C5O)C(O)C4O)C(O)C3O)C(O)C2O)C(O)C(O)C1O.[Na+].[Na+].[Na+].[Na+].[Na+]. The molecule has 17 N–H and O–H groups in total. The van der Waals surface area contributed by atoms with Crippen molar-refractivity contribution < 1.29 is 301 Å². The van der Waals surface area contributed by atoms with Gasteiger partial charge in [0.15, 0.2) is 62.0 Å². The van der Waals surface area contributed by atoms with E-state index >= 15 is 0 Å². The van der Waals surface area contributed by atoms with E-state index in [1.54, 1.807) is 0 Å². The van der Waals surface area contributed by atoms with Gasteiger partial charge in [-0.25, -0.2) is 24.0 Å². The molecule has 0 spiro atoms. The molecular weight excluding hydrogens is 971 g/mol. The second-order valence-corrected chi connectivity index (χ2v) is 14.1. The summed E-state index contributed by atoms with van der Waals surface area (Å²) in [7, 11) is 0. The summed E-state index contributed by atoms with van der Waals surface area (Å²) in [6.07, 6.45) is -59.6. The van der Waals surface area contributed by atoms with Gasteiger partial charge in [0.25, 0.3) is 0 Å². The fraction of sp³-hybridized carbons (Fsp3) is 0.833. The molecule has 0 aromatic carbocycles. The van der Waals surface area contributed by atoms with E-state index in [-0.39, 0.29) is 148 Å². The first kappa shape index (κ1) is 67.5. The number of aliphatic hydroxyl groups is 12. The van der Waals surface area contributed by atoms with E-state index in [0.717, 1.165) is 0 Å². The number of carboxylic acids is 5. The molecule has 0 amide bonds. The summed E-state index contributed by atoms with van der Waals surface area (Å²) in [5, 5.41) is 174. The molecule has 25 atom stereocenters. The largest absolute Gasteiger partial charge is 1.00 e. The molecule has 31 nitrogen and oxygen atoms in total. The van der Waals surface area contributed by atoms with Crippen LogP contribution in [0.1, 0.15) is 0 Å². The molecule has 0 aromatic rings. The van der Waals surface area contributed by atoms with E-state index in [1.165, 1.54) is 0 Å². The fourth-order valence-corrected chi connectivity index (χ4v) is 6.88. The fourth-order valence-electron chi connectivity index (χ4n) is 6.88. The van der Waals surface area contributed by atoms with Crippen LogP contribution >= 0.6 is 0 Å². The van der Waals surface area contributed by atoms with Crippen molar-refractivity contribution in [3.63, 3.8) is 0 Å². The second-order valence-electron chi connectivity index (χ2n) is 14.1. The van der Waals surface area contributed by atoms with E-state index < -0.39 is 183 Å². The summed E-state index contributed by atoms with van der Waals surface area (Å²) in [4.78, 5) is 59.9. The first-order valence-corrected chi connectivity index (χ1v) is 17.6. The van der Waals surface area contributed by atoms with Gasteiger partial charge < -0.3 is 129 Å². The number of ether oxygens (including phenoxy) is 9. The number of aliphatic hydroxyl groups excluding tert-OH is 12. The zero-order valence-corrected chi connectivity index (χ0v) is 45.3. The average Bonchev–Trinajstić information content (AvgIpc) is 3.18. The normalized spacial score (nSPS) is 45.7. The first-order chi connectivity index (χ1) is 28.4. The van der Waals surface area contributed by atoms with Crippen LogP contribution in [0.4, 0.5) is 0 Å². The van der Waals surface area contributed by atoms with Crippen molar-refractivity contribution in [2.45, 2.75) is 154 Å². The van der Waals surface area contributed by atoms with Gasteiger partial charge in [-0.15, -0.1) is 0 Å². The minimum atomic E-state index is -2.56. The van der Waals surface area contributed by atoms with Gasteiger partial charge in [0.1, 0.15) is 91.6 Å². The molecule has 36 heteroatoms. The van der Waals surface area contributed by atoms with Gasteiger partial charge in [0, 0.05) is 0 Å². The predicted octanol–water partition coefficient (Wildman–Crippen LogP) is -26.4. The van der Waals surface area contributed by atoms with Crippen LogP contribution in [0.25, 0.3) is 0 Å². The summed E-state index contributed by atoms with van der Waals surface area (Å²) in [6.45, 7) is 0. The Morgan fingerprint density at radius 3 is 0.742 bits per heavy atom. The standard InChI is InChI=1S/C30H42O31.5Na/c31-1-2(32)16(21(42)43)58-27(8(1)38)55-13-4(34)10(40)29(60-18(13)23(46)47)57-15-6(36)11(41)30(61-20(15)25(50)51)56-14-5(35)9(39)28(59-19(14)24(48)49)54-12-3(33)7(37)26(52)53-17(12)22(44)45;;;;;/h1-20,26-41,52H,(H,42,43)(H,44,45)(H,46,47)(H,48,49)(H,50,51);;;;;/q;5*+1. The molecule has 0 aliphatic carbocycles. The third-order valence-corrected chi connectivity index (χ3v) is 10.1. The van der Waals surface area contributed by atoms with Gasteiger partial charge in [-0.2, -0.15) is 0 Å². The Morgan fingerprint density at radius 1 is 0.273 bits per heavy atom. The molecule has 0 saturated carbocycles. The maximum atomic E-state index is 12.3. The van der Waals surface area contributed by atoms with Crippen molar-refractivity contribution in [3.8, 4) is 0 Å².